The minimum Gasteiger partial charge on any atom is -0.322 e. The molecule has 29 heavy (non-hydrogen) atoms. The minimum absolute atomic E-state index is 0.0616. The lowest BCUT2D eigenvalue weighted by molar-refractivity contribution is 0.102. The molecule has 0 aliphatic rings. The number of aryl methyl sites for hydroxylation is 2. The Kier molecular flexibility index (Phi) is 5.97. The summed E-state index contributed by atoms with van der Waals surface area (Å²) in [5.41, 5.74) is 3.26. The number of carbonyl (C=O) groups excluding carboxylic acids is 1. The lowest BCUT2D eigenvalue weighted by atomic mass is 10.2. The third-order valence-electron chi connectivity index (χ3n) is 4.13. The number of aromatic nitrogens is 3. The first-order valence-electron chi connectivity index (χ1n) is 9.19. The van der Waals surface area contributed by atoms with Gasteiger partial charge in [0.15, 0.2) is 5.82 Å². The van der Waals surface area contributed by atoms with Gasteiger partial charge in [-0.15, -0.1) is 0 Å². The predicted molar refractivity (Wildman–Crippen MR) is 113 cm³/mol. The van der Waals surface area contributed by atoms with Gasteiger partial charge in [-0.2, -0.15) is 5.10 Å². The van der Waals surface area contributed by atoms with E-state index in [1.54, 1.807) is 48.0 Å². The van der Waals surface area contributed by atoms with Crippen molar-refractivity contribution in [3.63, 3.8) is 0 Å². The largest absolute Gasteiger partial charge is 0.322 e. The summed E-state index contributed by atoms with van der Waals surface area (Å²) in [6.45, 7) is 5.65. The summed E-state index contributed by atoms with van der Waals surface area (Å²) in [4.78, 5) is 16.8. The molecule has 2 N–H and O–H groups in total. The van der Waals surface area contributed by atoms with E-state index >= 15 is 0 Å². The van der Waals surface area contributed by atoms with Crippen molar-refractivity contribution in [3.8, 4) is 5.82 Å². The monoisotopic (exact) mass is 413 g/mol. The van der Waals surface area contributed by atoms with Crippen molar-refractivity contribution in [2.45, 2.75) is 27.2 Å². The zero-order chi connectivity index (χ0) is 21.0. The maximum Gasteiger partial charge on any atom is 0.257 e. The molecule has 1 amide bonds. The Morgan fingerprint density at radius 1 is 1.07 bits per heavy atom. The number of carbonyl (C=O) groups is 1. The van der Waals surface area contributed by atoms with Gasteiger partial charge in [-0.25, -0.2) is 18.1 Å². The van der Waals surface area contributed by atoms with Gasteiger partial charge in [0, 0.05) is 23.3 Å². The molecular formula is C20H23N5O3S. The van der Waals surface area contributed by atoms with Crippen LogP contribution >= 0.6 is 0 Å². The number of amides is 1. The quantitative estimate of drug-likeness (QED) is 0.618. The van der Waals surface area contributed by atoms with Crippen LogP contribution in [0.4, 0.5) is 11.4 Å². The molecule has 0 aliphatic heterocycles. The Hall–Kier alpha value is -3.20. The molecule has 0 fully saturated rings. The van der Waals surface area contributed by atoms with Crippen LogP contribution in [0.15, 0.2) is 48.7 Å². The molecule has 3 aromatic rings. The Labute approximate surface area is 170 Å². The Balaban J connectivity index is 1.66. The van der Waals surface area contributed by atoms with Gasteiger partial charge in [-0.05, 0) is 62.7 Å². The second kappa shape index (κ2) is 8.44. The van der Waals surface area contributed by atoms with Crippen molar-refractivity contribution in [2.24, 2.45) is 0 Å². The van der Waals surface area contributed by atoms with Crippen molar-refractivity contribution >= 4 is 27.3 Å². The Bertz CT molecular complexity index is 1100. The van der Waals surface area contributed by atoms with Crippen LogP contribution < -0.4 is 10.0 Å². The lowest BCUT2D eigenvalue weighted by Gasteiger charge is -2.09. The van der Waals surface area contributed by atoms with E-state index in [9.17, 15) is 13.2 Å². The van der Waals surface area contributed by atoms with Gasteiger partial charge in [-0.3, -0.25) is 9.52 Å². The van der Waals surface area contributed by atoms with Crippen molar-refractivity contribution < 1.29 is 13.2 Å². The highest BCUT2D eigenvalue weighted by molar-refractivity contribution is 7.92. The van der Waals surface area contributed by atoms with Crippen LogP contribution in [0.25, 0.3) is 5.82 Å². The van der Waals surface area contributed by atoms with Gasteiger partial charge in [0.1, 0.15) is 0 Å². The third kappa shape index (κ3) is 5.20. The molecule has 9 heteroatoms. The number of nitrogens with one attached hydrogen (secondary N) is 2. The normalized spacial score (nSPS) is 11.3. The summed E-state index contributed by atoms with van der Waals surface area (Å²) in [7, 11) is -3.34. The predicted octanol–water partition coefficient (Wildman–Crippen LogP) is 3.29. The maximum atomic E-state index is 12.4. The minimum atomic E-state index is -3.34. The molecule has 0 saturated carbocycles. The molecule has 0 unspecified atom stereocenters. The van der Waals surface area contributed by atoms with Crippen LogP contribution in [0.5, 0.6) is 0 Å². The maximum absolute atomic E-state index is 12.4. The van der Waals surface area contributed by atoms with Crippen molar-refractivity contribution in [3.05, 3.63) is 65.6 Å². The standard InChI is InChI=1S/C20H23N5O3S/c1-4-11-29(27,28)24-18-8-6-17(7-9-18)22-20(26)16-5-10-19(21-13-16)25-15(3)12-14(2)23-25/h5-10,12-13,24H,4,11H2,1-3H3,(H,22,26). The average molecular weight is 414 g/mol. The van der Waals surface area contributed by atoms with Gasteiger partial charge in [0.05, 0.1) is 17.0 Å². The first kappa shape index (κ1) is 20.5. The second-order valence-electron chi connectivity index (χ2n) is 6.70. The molecule has 1 aromatic carbocycles. The number of sulfonamides is 1. The summed E-state index contributed by atoms with van der Waals surface area (Å²) in [6, 6.07) is 11.9. The molecule has 2 aromatic heterocycles. The highest BCUT2D eigenvalue weighted by Crippen LogP contribution is 2.17. The summed E-state index contributed by atoms with van der Waals surface area (Å²) in [6.07, 6.45) is 2.03. The van der Waals surface area contributed by atoms with E-state index in [2.05, 4.69) is 20.1 Å². The number of anilines is 2. The molecule has 0 radical (unpaired) electrons. The molecule has 3 rings (SSSR count). The highest BCUT2D eigenvalue weighted by Gasteiger charge is 2.11. The molecule has 0 atom stereocenters. The van der Waals surface area contributed by atoms with Crippen LogP contribution in [0, 0.1) is 13.8 Å². The van der Waals surface area contributed by atoms with Gasteiger partial charge < -0.3 is 5.32 Å². The third-order valence-corrected chi connectivity index (χ3v) is 5.62. The lowest BCUT2D eigenvalue weighted by Crippen LogP contribution is -2.16. The van der Waals surface area contributed by atoms with Crippen molar-refractivity contribution in [2.75, 3.05) is 15.8 Å². The van der Waals surface area contributed by atoms with Crippen LogP contribution in [-0.2, 0) is 10.0 Å². The van der Waals surface area contributed by atoms with Crippen LogP contribution in [0.1, 0.15) is 35.1 Å². The first-order chi connectivity index (χ1) is 13.8. The topological polar surface area (TPSA) is 106 Å². The number of benzene rings is 1. The number of hydrogen-bond acceptors (Lipinski definition) is 5. The fourth-order valence-corrected chi connectivity index (χ4v) is 3.97. The highest BCUT2D eigenvalue weighted by atomic mass is 32.2. The molecule has 0 spiro atoms. The molecule has 8 nitrogen and oxygen atoms in total. The van der Waals surface area contributed by atoms with E-state index in [-0.39, 0.29) is 11.7 Å². The van der Waals surface area contributed by atoms with E-state index in [1.165, 1.54) is 6.20 Å². The van der Waals surface area contributed by atoms with Gasteiger partial charge >= 0.3 is 0 Å². The Morgan fingerprint density at radius 3 is 2.31 bits per heavy atom. The zero-order valence-electron chi connectivity index (χ0n) is 16.5. The molecule has 152 valence electrons. The molecule has 0 bridgehead atoms. The molecule has 2 heterocycles. The van der Waals surface area contributed by atoms with Gasteiger partial charge in [0.25, 0.3) is 5.91 Å². The fourth-order valence-electron chi connectivity index (χ4n) is 2.83. The van der Waals surface area contributed by atoms with E-state index in [0.717, 1.165) is 11.4 Å². The average Bonchev–Trinajstić information content (AvgIpc) is 3.01. The van der Waals surface area contributed by atoms with Crippen molar-refractivity contribution in [1.82, 2.24) is 14.8 Å². The van der Waals surface area contributed by atoms with Crippen LogP contribution in [-0.4, -0.2) is 34.8 Å². The Morgan fingerprint density at radius 2 is 1.76 bits per heavy atom. The number of hydrogen-bond donors (Lipinski definition) is 2. The van der Waals surface area contributed by atoms with E-state index in [0.29, 0.717) is 29.2 Å². The zero-order valence-corrected chi connectivity index (χ0v) is 17.3. The van der Waals surface area contributed by atoms with Crippen LogP contribution in [0.3, 0.4) is 0 Å². The van der Waals surface area contributed by atoms with E-state index in [4.69, 9.17) is 0 Å². The van der Waals surface area contributed by atoms with Gasteiger partial charge in [-0.1, -0.05) is 6.92 Å². The van der Waals surface area contributed by atoms with Gasteiger partial charge in [0.2, 0.25) is 10.0 Å². The van der Waals surface area contributed by atoms with Crippen LogP contribution in [0.2, 0.25) is 0 Å². The van der Waals surface area contributed by atoms with E-state index < -0.39 is 10.0 Å². The molecule has 0 aliphatic carbocycles. The molecule has 0 saturated heterocycles. The SMILES string of the molecule is CCCS(=O)(=O)Nc1ccc(NC(=O)c2ccc(-n3nc(C)cc3C)nc2)cc1. The summed E-state index contributed by atoms with van der Waals surface area (Å²) in [5.74, 6) is 0.388. The first-order valence-corrected chi connectivity index (χ1v) is 10.8. The smallest absolute Gasteiger partial charge is 0.257 e. The molecular weight excluding hydrogens is 390 g/mol. The second-order valence-corrected chi connectivity index (χ2v) is 8.54. The van der Waals surface area contributed by atoms with E-state index in [1.807, 2.05) is 19.9 Å². The number of rotatable bonds is 7. The number of nitrogens with zero attached hydrogens (tertiary/aromatic N) is 3. The summed E-state index contributed by atoms with van der Waals surface area (Å²) in [5, 5.41) is 7.14. The summed E-state index contributed by atoms with van der Waals surface area (Å²) >= 11 is 0. The number of pyridine rings is 1. The summed E-state index contributed by atoms with van der Waals surface area (Å²) < 4.78 is 27.8. The van der Waals surface area contributed by atoms with Crippen molar-refractivity contribution in [1.29, 1.82) is 0 Å². The fraction of sp³-hybridized carbons (Fsp3) is 0.250.